The molecule has 0 spiro atoms. The maximum absolute atomic E-state index is 12.1. The summed E-state index contributed by atoms with van der Waals surface area (Å²) in [4.78, 5) is 19.1. The molecule has 1 amide bonds. The summed E-state index contributed by atoms with van der Waals surface area (Å²) in [6.07, 6.45) is 0.597. The van der Waals surface area contributed by atoms with Gasteiger partial charge in [-0.2, -0.15) is 0 Å². The first kappa shape index (κ1) is 24.5. The Morgan fingerprint density at radius 3 is 2.54 bits per heavy atom. The number of nitrogens with one attached hydrogen (secondary N) is 1. The van der Waals surface area contributed by atoms with E-state index in [0.717, 1.165) is 46.5 Å². The summed E-state index contributed by atoms with van der Waals surface area (Å²) in [7, 11) is 0. The molecule has 0 aliphatic heterocycles. The largest absolute Gasteiger partial charge is 0.438 e. The van der Waals surface area contributed by atoms with Crippen LogP contribution in [0.25, 0.3) is 32.8 Å². The highest BCUT2D eigenvalue weighted by Crippen LogP contribution is 2.31. The van der Waals surface area contributed by atoms with Gasteiger partial charge in [0.2, 0.25) is 11.5 Å². The maximum atomic E-state index is 12.1. The van der Waals surface area contributed by atoms with Crippen LogP contribution in [-0.4, -0.2) is 24.0 Å². The SMILES string of the molecule is CCN(CC)c1ccc2cc(-c3nc(-c4ccc(C(N)=O)c(Cc5ccccc5)c4)cs3)c(=N)oc2c1. The predicted molar refractivity (Wildman–Crippen MR) is 150 cm³/mol. The molecule has 186 valence electrons. The van der Waals surface area contributed by atoms with E-state index in [4.69, 9.17) is 20.5 Å². The minimum atomic E-state index is -0.447. The van der Waals surface area contributed by atoms with Gasteiger partial charge in [-0.3, -0.25) is 10.2 Å². The van der Waals surface area contributed by atoms with E-state index in [0.29, 0.717) is 28.1 Å². The number of rotatable bonds is 8. The standard InChI is InChI=1S/C30H28N4O2S/c1-3-34(4-2)23-12-10-21-16-25(29(32)36-27(21)17-23)30-33-26(18-37-30)20-11-13-24(28(31)35)22(15-20)14-19-8-6-5-7-9-19/h5-13,15-18,32H,3-4,14H2,1-2H3,(H2,31,35). The minimum absolute atomic E-state index is 0.0824. The lowest BCUT2D eigenvalue weighted by Gasteiger charge is -2.21. The molecule has 7 heteroatoms. The van der Waals surface area contributed by atoms with Gasteiger partial charge in [0.15, 0.2) is 0 Å². The first-order valence-corrected chi connectivity index (χ1v) is 13.1. The third kappa shape index (κ3) is 5.04. The van der Waals surface area contributed by atoms with Crippen LogP contribution < -0.4 is 16.2 Å². The number of hydrogen-bond donors (Lipinski definition) is 2. The quantitative estimate of drug-likeness (QED) is 0.259. The lowest BCUT2D eigenvalue weighted by Crippen LogP contribution is -2.21. The van der Waals surface area contributed by atoms with E-state index in [-0.39, 0.29) is 5.55 Å². The van der Waals surface area contributed by atoms with Gasteiger partial charge in [-0.25, -0.2) is 4.98 Å². The number of carbonyl (C=O) groups excluding carboxylic acids is 1. The van der Waals surface area contributed by atoms with Gasteiger partial charge in [0, 0.05) is 46.7 Å². The normalized spacial score (nSPS) is 11.1. The van der Waals surface area contributed by atoms with E-state index in [1.807, 2.05) is 66.0 Å². The molecule has 0 radical (unpaired) electrons. The average molecular weight is 509 g/mol. The smallest absolute Gasteiger partial charge is 0.248 e. The van der Waals surface area contributed by atoms with E-state index < -0.39 is 5.91 Å². The number of benzene rings is 3. The van der Waals surface area contributed by atoms with Gasteiger partial charge in [0.05, 0.1) is 11.3 Å². The molecule has 0 atom stereocenters. The topological polar surface area (TPSA) is 96.2 Å². The highest BCUT2D eigenvalue weighted by atomic mass is 32.1. The molecular weight excluding hydrogens is 480 g/mol. The number of hydrogen-bond acceptors (Lipinski definition) is 6. The van der Waals surface area contributed by atoms with Crippen LogP contribution in [0.5, 0.6) is 0 Å². The second kappa shape index (κ2) is 10.4. The molecule has 0 unspecified atom stereocenters. The highest BCUT2D eigenvalue weighted by Gasteiger charge is 2.15. The number of carbonyl (C=O) groups is 1. The van der Waals surface area contributed by atoms with Crippen LogP contribution in [0.2, 0.25) is 0 Å². The fourth-order valence-electron chi connectivity index (χ4n) is 4.55. The van der Waals surface area contributed by atoms with E-state index in [1.54, 1.807) is 6.07 Å². The van der Waals surface area contributed by atoms with Crippen LogP contribution in [0.15, 0.2) is 82.6 Å². The van der Waals surface area contributed by atoms with E-state index in [2.05, 4.69) is 24.8 Å². The van der Waals surface area contributed by atoms with Crippen LogP contribution in [0, 0.1) is 5.41 Å². The molecule has 5 aromatic rings. The van der Waals surface area contributed by atoms with Crippen molar-refractivity contribution in [3.63, 3.8) is 0 Å². The molecule has 5 rings (SSSR count). The molecule has 0 aliphatic carbocycles. The van der Waals surface area contributed by atoms with Crippen LogP contribution in [0.1, 0.15) is 35.3 Å². The van der Waals surface area contributed by atoms with Crippen LogP contribution in [-0.2, 0) is 6.42 Å². The fourth-order valence-corrected chi connectivity index (χ4v) is 5.39. The van der Waals surface area contributed by atoms with Gasteiger partial charge in [-0.1, -0.05) is 36.4 Å². The second-order valence-corrected chi connectivity index (χ2v) is 9.68. The maximum Gasteiger partial charge on any atom is 0.248 e. The Kier molecular flexibility index (Phi) is 6.88. The number of nitrogens with two attached hydrogens (primary N) is 1. The van der Waals surface area contributed by atoms with Crippen molar-refractivity contribution >= 4 is 33.9 Å². The Morgan fingerprint density at radius 1 is 1.03 bits per heavy atom. The number of nitrogens with zero attached hydrogens (tertiary/aromatic N) is 2. The molecule has 3 aromatic carbocycles. The van der Waals surface area contributed by atoms with Gasteiger partial charge in [-0.05, 0) is 61.7 Å². The summed E-state index contributed by atoms with van der Waals surface area (Å²) in [6.45, 7) is 6.05. The number of anilines is 1. The summed E-state index contributed by atoms with van der Waals surface area (Å²) in [6, 6.07) is 23.7. The molecule has 0 bridgehead atoms. The molecule has 0 aliphatic rings. The van der Waals surface area contributed by atoms with Crippen molar-refractivity contribution < 1.29 is 9.21 Å². The molecular formula is C30H28N4O2S. The number of aromatic nitrogens is 1. The molecule has 3 N–H and O–H groups in total. The molecule has 2 heterocycles. The van der Waals surface area contributed by atoms with Gasteiger partial charge >= 0.3 is 0 Å². The van der Waals surface area contributed by atoms with Crippen molar-refractivity contribution in [1.82, 2.24) is 4.98 Å². The van der Waals surface area contributed by atoms with Gasteiger partial charge < -0.3 is 15.1 Å². The molecule has 0 saturated carbocycles. The van der Waals surface area contributed by atoms with Gasteiger partial charge in [0.1, 0.15) is 10.6 Å². The van der Waals surface area contributed by atoms with Crippen molar-refractivity contribution in [2.24, 2.45) is 5.73 Å². The summed E-state index contributed by atoms with van der Waals surface area (Å²) in [5.41, 5.74) is 12.3. The average Bonchev–Trinajstić information content (AvgIpc) is 3.39. The summed E-state index contributed by atoms with van der Waals surface area (Å²) >= 11 is 1.46. The monoisotopic (exact) mass is 508 g/mol. The molecule has 2 aromatic heterocycles. The number of amides is 1. The Hall–Kier alpha value is -4.23. The Labute approximate surface area is 219 Å². The number of fused-ring (bicyclic) bond motifs is 1. The van der Waals surface area contributed by atoms with Gasteiger partial charge in [-0.15, -0.1) is 11.3 Å². The van der Waals surface area contributed by atoms with Crippen molar-refractivity contribution in [1.29, 1.82) is 5.41 Å². The third-order valence-electron chi connectivity index (χ3n) is 6.52. The van der Waals surface area contributed by atoms with Crippen LogP contribution in [0.3, 0.4) is 0 Å². The summed E-state index contributed by atoms with van der Waals surface area (Å²) < 4.78 is 5.92. The van der Waals surface area contributed by atoms with Crippen LogP contribution >= 0.6 is 11.3 Å². The fraction of sp³-hybridized carbons (Fsp3) is 0.167. The van der Waals surface area contributed by atoms with Crippen molar-refractivity contribution in [2.45, 2.75) is 20.3 Å². The molecule has 6 nitrogen and oxygen atoms in total. The van der Waals surface area contributed by atoms with E-state index in [9.17, 15) is 4.79 Å². The highest BCUT2D eigenvalue weighted by molar-refractivity contribution is 7.13. The summed E-state index contributed by atoms with van der Waals surface area (Å²) in [5.74, 6) is -0.447. The zero-order chi connectivity index (χ0) is 25.9. The predicted octanol–water partition coefficient (Wildman–Crippen LogP) is 6.24. The molecule has 37 heavy (non-hydrogen) atoms. The van der Waals surface area contributed by atoms with E-state index >= 15 is 0 Å². The van der Waals surface area contributed by atoms with Crippen LogP contribution in [0.4, 0.5) is 5.69 Å². The zero-order valence-corrected chi connectivity index (χ0v) is 21.6. The van der Waals surface area contributed by atoms with E-state index in [1.165, 1.54) is 11.3 Å². The Bertz CT molecular complexity index is 1640. The lowest BCUT2D eigenvalue weighted by atomic mass is 9.96. The zero-order valence-electron chi connectivity index (χ0n) is 20.8. The number of primary amides is 1. The lowest BCUT2D eigenvalue weighted by molar-refractivity contribution is 0.0999. The second-order valence-electron chi connectivity index (χ2n) is 8.82. The summed E-state index contributed by atoms with van der Waals surface area (Å²) in [5, 5.41) is 12.1. The van der Waals surface area contributed by atoms with Crippen molar-refractivity contribution in [2.75, 3.05) is 18.0 Å². The first-order chi connectivity index (χ1) is 18.0. The third-order valence-corrected chi connectivity index (χ3v) is 7.40. The first-order valence-electron chi connectivity index (χ1n) is 12.3. The minimum Gasteiger partial charge on any atom is -0.438 e. The number of thiazole rings is 1. The Morgan fingerprint density at radius 2 is 1.81 bits per heavy atom. The van der Waals surface area contributed by atoms with Crippen molar-refractivity contribution in [3.8, 4) is 21.8 Å². The molecule has 0 fully saturated rings. The van der Waals surface area contributed by atoms with Crippen molar-refractivity contribution in [3.05, 3.63) is 100 Å². The molecule has 0 saturated heterocycles. The van der Waals surface area contributed by atoms with Gasteiger partial charge in [0.25, 0.3) is 0 Å². The Balaban J connectivity index is 1.49.